The summed E-state index contributed by atoms with van der Waals surface area (Å²) < 4.78 is 5.37. The van der Waals surface area contributed by atoms with Crippen molar-refractivity contribution in [3.05, 3.63) is 24.3 Å². The first-order valence-corrected chi connectivity index (χ1v) is 9.78. The van der Waals surface area contributed by atoms with E-state index in [-0.39, 0.29) is 11.8 Å². The zero-order chi connectivity index (χ0) is 19.5. The molecule has 2 heterocycles. The molecule has 0 aliphatic carbocycles. The Kier molecular flexibility index (Phi) is 9.13. The summed E-state index contributed by atoms with van der Waals surface area (Å²) in [6.45, 7) is 10.6. The number of morpholine rings is 1. The number of nitrogens with zero attached hydrogens (tertiary/aromatic N) is 5. The SMILES string of the molecule is CCN(CC)C(=O)CCN(CCCN1CCOCC1)C(=O)c1cnccn1. The van der Waals surface area contributed by atoms with Gasteiger partial charge in [0.05, 0.1) is 19.4 Å². The standard InChI is InChI=1S/C19H31N5O3/c1-3-23(4-2)18(25)6-11-24(19(26)17-16-20-7-8-21-17)10-5-9-22-12-14-27-15-13-22/h7-8,16H,3-6,9-15H2,1-2H3. The van der Waals surface area contributed by atoms with Gasteiger partial charge in [-0.05, 0) is 20.3 Å². The molecule has 0 aromatic carbocycles. The Labute approximate surface area is 161 Å². The summed E-state index contributed by atoms with van der Waals surface area (Å²) in [6.07, 6.45) is 5.71. The van der Waals surface area contributed by atoms with Crippen LogP contribution in [0, 0.1) is 0 Å². The first-order valence-electron chi connectivity index (χ1n) is 9.78. The van der Waals surface area contributed by atoms with Crippen molar-refractivity contribution in [2.75, 3.05) is 59.0 Å². The van der Waals surface area contributed by atoms with Gasteiger partial charge in [0.25, 0.3) is 5.91 Å². The van der Waals surface area contributed by atoms with E-state index >= 15 is 0 Å². The molecule has 150 valence electrons. The number of carbonyl (C=O) groups excluding carboxylic acids is 2. The van der Waals surface area contributed by atoms with E-state index < -0.39 is 0 Å². The maximum Gasteiger partial charge on any atom is 0.274 e. The Morgan fingerprint density at radius 3 is 2.48 bits per heavy atom. The number of rotatable bonds is 10. The van der Waals surface area contributed by atoms with Crippen molar-refractivity contribution in [2.45, 2.75) is 26.7 Å². The fourth-order valence-electron chi connectivity index (χ4n) is 3.16. The Balaban J connectivity index is 1.92. The topological polar surface area (TPSA) is 78.9 Å². The summed E-state index contributed by atoms with van der Waals surface area (Å²) in [6, 6.07) is 0. The van der Waals surface area contributed by atoms with Crippen LogP contribution in [0.5, 0.6) is 0 Å². The first-order chi connectivity index (χ1) is 13.2. The van der Waals surface area contributed by atoms with E-state index in [0.717, 1.165) is 39.3 Å². The van der Waals surface area contributed by atoms with Crippen molar-refractivity contribution >= 4 is 11.8 Å². The van der Waals surface area contributed by atoms with Gasteiger partial charge in [0.1, 0.15) is 5.69 Å². The van der Waals surface area contributed by atoms with Crippen molar-refractivity contribution in [3.63, 3.8) is 0 Å². The fourth-order valence-corrected chi connectivity index (χ4v) is 3.16. The van der Waals surface area contributed by atoms with Gasteiger partial charge in [-0.2, -0.15) is 0 Å². The highest BCUT2D eigenvalue weighted by Gasteiger charge is 2.20. The highest BCUT2D eigenvalue weighted by Crippen LogP contribution is 2.06. The Hall–Kier alpha value is -2.06. The molecule has 0 atom stereocenters. The normalized spacial score (nSPS) is 14.7. The minimum absolute atomic E-state index is 0.0742. The van der Waals surface area contributed by atoms with E-state index in [1.165, 1.54) is 12.4 Å². The second-order valence-corrected chi connectivity index (χ2v) is 6.51. The third kappa shape index (κ3) is 6.88. The highest BCUT2D eigenvalue weighted by atomic mass is 16.5. The maximum atomic E-state index is 12.8. The molecule has 1 aliphatic rings. The number of carbonyl (C=O) groups is 2. The monoisotopic (exact) mass is 377 g/mol. The van der Waals surface area contributed by atoms with Gasteiger partial charge in [-0.1, -0.05) is 0 Å². The minimum Gasteiger partial charge on any atom is -0.379 e. The second-order valence-electron chi connectivity index (χ2n) is 6.51. The Morgan fingerprint density at radius 2 is 1.85 bits per heavy atom. The molecule has 1 aromatic rings. The lowest BCUT2D eigenvalue weighted by Crippen LogP contribution is -2.40. The number of hydrogen-bond acceptors (Lipinski definition) is 6. The molecule has 0 saturated carbocycles. The van der Waals surface area contributed by atoms with Gasteiger partial charge >= 0.3 is 0 Å². The Bertz CT molecular complexity index is 574. The molecule has 1 aliphatic heterocycles. The molecule has 8 heteroatoms. The molecule has 27 heavy (non-hydrogen) atoms. The quantitative estimate of drug-likeness (QED) is 0.603. The van der Waals surface area contributed by atoms with Gasteiger partial charge in [-0.25, -0.2) is 4.98 Å². The van der Waals surface area contributed by atoms with Crippen LogP contribution in [-0.2, 0) is 9.53 Å². The van der Waals surface area contributed by atoms with Crippen LogP contribution >= 0.6 is 0 Å². The Morgan fingerprint density at radius 1 is 1.11 bits per heavy atom. The molecule has 8 nitrogen and oxygen atoms in total. The molecule has 0 bridgehead atoms. The fraction of sp³-hybridized carbons (Fsp3) is 0.684. The summed E-state index contributed by atoms with van der Waals surface area (Å²) in [5, 5.41) is 0. The third-order valence-corrected chi connectivity index (χ3v) is 4.79. The van der Waals surface area contributed by atoms with E-state index in [1.807, 2.05) is 13.8 Å². The van der Waals surface area contributed by atoms with Crippen LogP contribution in [0.15, 0.2) is 18.6 Å². The third-order valence-electron chi connectivity index (χ3n) is 4.79. The summed E-state index contributed by atoms with van der Waals surface area (Å²) >= 11 is 0. The second kappa shape index (κ2) is 11.6. The van der Waals surface area contributed by atoms with E-state index in [1.54, 1.807) is 16.0 Å². The van der Waals surface area contributed by atoms with Crippen molar-refractivity contribution in [1.82, 2.24) is 24.7 Å². The summed E-state index contributed by atoms with van der Waals surface area (Å²) in [5.41, 5.74) is 0.319. The minimum atomic E-state index is -0.169. The number of amides is 2. The van der Waals surface area contributed by atoms with Crippen LogP contribution in [0.3, 0.4) is 0 Å². The molecular weight excluding hydrogens is 346 g/mol. The first kappa shape index (κ1) is 21.2. The van der Waals surface area contributed by atoms with E-state index in [9.17, 15) is 9.59 Å². The van der Waals surface area contributed by atoms with E-state index in [4.69, 9.17) is 4.74 Å². The summed E-state index contributed by atoms with van der Waals surface area (Å²) in [5.74, 6) is -0.0949. The van der Waals surface area contributed by atoms with Crippen LogP contribution in [0.1, 0.15) is 37.2 Å². The lowest BCUT2D eigenvalue weighted by atomic mass is 10.2. The maximum absolute atomic E-state index is 12.8. The lowest BCUT2D eigenvalue weighted by Gasteiger charge is -2.28. The van der Waals surface area contributed by atoms with Gasteiger partial charge in [-0.15, -0.1) is 0 Å². The molecule has 1 saturated heterocycles. The zero-order valence-electron chi connectivity index (χ0n) is 16.5. The average molecular weight is 377 g/mol. The summed E-state index contributed by atoms with van der Waals surface area (Å²) in [7, 11) is 0. The van der Waals surface area contributed by atoms with Crippen LogP contribution in [0.4, 0.5) is 0 Å². The number of hydrogen-bond donors (Lipinski definition) is 0. The van der Waals surface area contributed by atoms with E-state index in [2.05, 4.69) is 14.9 Å². The van der Waals surface area contributed by atoms with Gasteiger partial charge in [0.15, 0.2) is 0 Å². The molecule has 1 aromatic heterocycles. The molecule has 2 rings (SSSR count). The lowest BCUT2D eigenvalue weighted by molar-refractivity contribution is -0.131. The van der Waals surface area contributed by atoms with Crippen LogP contribution < -0.4 is 0 Å². The predicted molar refractivity (Wildman–Crippen MR) is 102 cm³/mol. The average Bonchev–Trinajstić information content (AvgIpc) is 2.72. The van der Waals surface area contributed by atoms with Gasteiger partial charge in [0, 0.05) is 64.6 Å². The van der Waals surface area contributed by atoms with Crippen molar-refractivity contribution in [1.29, 1.82) is 0 Å². The van der Waals surface area contributed by atoms with Crippen molar-refractivity contribution < 1.29 is 14.3 Å². The van der Waals surface area contributed by atoms with Crippen molar-refractivity contribution in [2.24, 2.45) is 0 Å². The molecule has 0 radical (unpaired) electrons. The molecule has 2 amide bonds. The smallest absolute Gasteiger partial charge is 0.274 e. The van der Waals surface area contributed by atoms with Gasteiger partial charge in [0.2, 0.25) is 5.91 Å². The van der Waals surface area contributed by atoms with Gasteiger partial charge in [-0.3, -0.25) is 19.5 Å². The van der Waals surface area contributed by atoms with E-state index in [0.29, 0.717) is 38.3 Å². The molecular formula is C19H31N5O3. The van der Waals surface area contributed by atoms with Crippen molar-refractivity contribution in [3.8, 4) is 0 Å². The van der Waals surface area contributed by atoms with Gasteiger partial charge < -0.3 is 14.5 Å². The summed E-state index contributed by atoms with van der Waals surface area (Å²) in [4.78, 5) is 39.1. The largest absolute Gasteiger partial charge is 0.379 e. The van der Waals surface area contributed by atoms with Crippen LogP contribution in [0.25, 0.3) is 0 Å². The highest BCUT2D eigenvalue weighted by molar-refractivity contribution is 5.92. The number of ether oxygens (including phenoxy) is 1. The molecule has 0 unspecified atom stereocenters. The number of aromatic nitrogens is 2. The van der Waals surface area contributed by atoms with Crippen LogP contribution in [0.2, 0.25) is 0 Å². The molecule has 1 fully saturated rings. The van der Waals surface area contributed by atoms with Crippen LogP contribution in [-0.4, -0.2) is 95.5 Å². The zero-order valence-corrected chi connectivity index (χ0v) is 16.5. The predicted octanol–water partition coefficient (Wildman–Crippen LogP) is 0.900. The molecule has 0 N–H and O–H groups in total. The molecule has 0 spiro atoms.